The van der Waals surface area contributed by atoms with Gasteiger partial charge in [-0.3, -0.25) is 0 Å². The normalized spacial score (nSPS) is 32.3. The van der Waals surface area contributed by atoms with Crippen LogP contribution in [0.15, 0.2) is 0 Å². The Bertz CT molecular complexity index is 263. The third kappa shape index (κ3) is 6.10. The number of ether oxygens (including phenoxy) is 3. The van der Waals surface area contributed by atoms with E-state index in [0.29, 0.717) is 13.2 Å². The van der Waals surface area contributed by atoms with Gasteiger partial charge >= 0.3 is 0 Å². The second-order valence-electron chi connectivity index (χ2n) is 5.82. The minimum Gasteiger partial charge on any atom is -0.394 e. The van der Waals surface area contributed by atoms with Crippen molar-refractivity contribution in [2.75, 3.05) is 19.8 Å². The Labute approximate surface area is 133 Å². The molecule has 0 bridgehead atoms. The lowest BCUT2D eigenvalue weighted by Crippen LogP contribution is -2.60. The van der Waals surface area contributed by atoms with Gasteiger partial charge < -0.3 is 29.5 Å². The Kier molecular flexibility index (Phi) is 10.2. The van der Waals surface area contributed by atoms with E-state index in [0.717, 1.165) is 38.5 Å². The molecular weight excluding hydrogens is 288 g/mol. The van der Waals surface area contributed by atoms with E-state index in [2.05, 4.69) is 13.8 Å². The quantitative estimate of drug-likeness (QED) is 0.496. The van der Waals surface area contributed by atoms with Crippen molar-refractivity contribution < 1.29 is 29.5 Å². The Morgan fingerprint density at radius 1 is 0.864 bits per heavy atom. The van der Waals surface area contributed by atoms with Crippen LogP contribution < -0.4 is 0 Å². The minimum atomic E-state index is -1.36. The van der Waals surface area contributed by atoms with Gasteiger partial charge in [0.25, 0.3) is 0 Å². The fourth-order valence-electron chi connectivity index (χ4n) is 2.59. The summed E-state index contributed by atoms with van der Waals surface area (Å²) in [5, 5.41) is 29.3. The molecule has 0 aromatic rings. The molecule has 0 aromatic carbocycles. The molecule has 1 heterocycles. The fourth-order valence-corrected chi connectivity index (χ4v) is 2.59. The van der Waals surface area contributed by atoms with Crippen LogP contribution in [0.3, 0.4) is 0 Å². The van der Waals surface area contributed by atoms with E-state index in [-0.39, 0.29) is 6.61 Å². The zero-order valence-corrected chi connectivity index (χ0v) is 13.8. The molecule has 0 spiro atoms. The summed E-state index contributed by atoms with van der Waals surface area (Å²) < 4.78 is 16.8. The predicted octanol–water partition coefficient (Wildman–Crippen LogP) is 1.21. The number of hydrogen-bond acceptors (Lipinski definition) is 6. The summed E-state index contributed by atoms with van der Waals surface area (Å²) in [6.07, 6.45) is 1.62. The van der Waals surface area contributed by atoms with Crippen molar-refractivity contribution in [3.05, 3.63) is 0 Å². The summed E-state index contributed by atoms with van der Waals surface area (Å²) >= 11 is 0. The standard InChI is InChI=1S/C16H32O6/c1-3-5-7-9-20-14-12(11-17)22-16(19)13(18)15(14)21-10-8-6-4-2/h12-19H,3-11H2,1-2H3/t12-,13-,14-,15-,16+/m1/s1. The highest BCUT2D eigenvalue weighted by Gasteiger charge is 2.45. The van der Waals surface area contributed by atoms with Gasteiger partial charge in [-0.25, -0.2) is 0 Å². The molecule has 1 aliphatic rings. The topological polar surface area (TPSA) is 88.4 Å². The number of rotatable bonds is 11. The van der Waals surface area contributed by atoms with Crippen LogP contribution in [-0.2, 0) is 14.2 Å². The molecule has 22 heavy (non-hydrogen) atoms. The summed E-state index contributed by atoms with van der Waals surface area (Å²) in [5.74, 6) is 0. The lowest BCUT2D eigenvalue weighted by Gasteiger charge is -2.42. The number of hydrogen-bond donors (Lipinski definition) is 3. The first-order chi connectivity index (χ1) is 10.7. The van der Waals surface area contributed by atoms with Crippen molar-refractivity contribution in [1.29, 1.82) is 0 Å². The van der Waals surface area contributed by atoms with Crippen molar-refractivity contribution in [2.45, 2.75) is 83.1 Å². The Balaban J connectivity index is 2.59. The smallest absolute Gasteiger partial charge is 0.184 e. The van der Waals surface area contributed by atoms with Gasteiger partial charge in [-0.05, 0) is 12.8 Å². The molecule has 0 saturated carbocycles. The molecule has 0 radical (unpaired) electrons. The highest BCUT2D eigenvalue weighted by molar-refractivity contribution is 4.91. The van der Waals surface area contributed by atoms with Crippen LogP contribution in [0, 0.1) is 0 Å². The third-order valence-corrected chi connectivity index (χ3v) is 3.93. The van der Waals surface area contributed by atoms with Gasteiger partial charge in [0.2, 0.25) is 0 Å². The van der Waals surface area contributed by atoms with Crippen LogP contribution in [0.2, 0.25) is 0 Å². The average molecular weight is 320 g/mol. The van der Waals surface area contributed by atoms with Gasteiger partial charge in [0, 0.05) is 13.2 Å². The average Bonchev–Trinajstić information content (AvgIpc) is 2.52. The highest BCUT2D eigenvalue weighted by atomic mass is 16.7. The second-order valence-corrected chi connectivity index (χ2v) is 5.82. The lowest BCUT2D eigenvalue weighted by atomic mass is 9.98. The van der Waals surface area contributed by atoms with Gasteiger partial charge in [0.05, 0.1) is 6.61 Å². The van der Waals surface area contributed by atoms with Gasteiger partial charge in [0.15, 0.2) is 6.29 Å². The Hall–Kier alpha value is -0.240. The van der Waals surface area contributed by atoms with Crippen LogP contribution >= 0.6 is 0 Å². The molecule has 5 atom stereocenters. The first-order valence-corrected chi connectivity index (χ1v) is 8.51. The number of unbranched alkanes of at least 4 members (excludes halogenated alkanes) is 4. The summed E-state index contributed by atoms with van der Waals surface area (Å²) in [6, 6.07) is 0. The van der Waals surface area contributed by atoms with E-state index < -0.39 is 30.7 Å². The van der Waals surface area contributed by atoms with E-state index in [9.17, 15) is 15.3 Å². The predicted molar refractivity (Wildman–Crippen MR) is 82.5 cm³/mol. The van der Waals surface area contributed by atoms with E-state index in [1.165, 1.54) is 0 Å². The van der Waals surface area contributed by atoms with Crippen LogP contribution in [0.1, 0.15) is 52.4 Å². The summed E-state index contributed by atoms with van der Waals surface area (Å²) in [5.41, 5.74) is 0. The first kappa shape index (κ1) is 19.8. The summed E-state index contributed by atoms with van der Waals surface area (Å²) in [4.78, 5) is 0. The van der Waals surface area contributed by atoms with Crippen LogP contribution in [-0.4, -0.2) is 65.8 Å². The zero-order chi connectivity index (χ0) is 16.4. The van der Waals surface area contributed by atoms with Gasteiger partial charge in [-0.2, -0.15) is 0 Å². The number of aliphatic hydroxyl groups excluding tert-OH is 3. The molecule has 0 amide bonds. The SMILES string of the molecule is CCCCCO[C@@H]1[C@@H](O)[C@@H](O)O[C@H](CO)[C@H]1OCCCCC. The van der Waals surface area contributed by atoms with Gasteiger partial charge in [-0.1, -0.05) is 39.5 Å². The Morgan fingerprint density at radius 2 is 1.41 bits per heavy atom. The molecule has 0 aromatic heterocycles. The van der Waals surface area contributed by atoms with E-state index >= 15 is 0 Å². The molecule has 1 aliphatic heterocycles. The van der Waals surface area contributed by atoms with Gasteiger partial charge in [0.1, 0.15) is 24.4 Å². The van der Waals surface area contributed by atoms with Crippen LogP contribution in [0.5, 0.6) is 0 Å². The van der Waals surface area contributed by atoms with E-state index in [4.69, 9.17) is 14.2 Å². The summed E-state index contributed by atoms with van der Waals surface area (Å²) in [7, 11) is 0. The third-order valence-electron chi connectivity index (χ3n) is 3.93. The van der Waals surface area contributed by atoms with Crippen molar-refractivity contribution in [2.24, 2.45) is 0 Å². The molecule has 3 N–H and O–H groups in total. The van der Waals surface area contributed by atoms with Crippen molar-refractivity contribution in [3.63, 3.8) is 0 Å². The molecule has 6 heteroatoms. The zero-order valence-electron chi connectivity index (χ0n) is 13.8. The maximum Gasteiger partial charge on any atom is 0.184 e. The van der Waals surface area contributed by atoms with Crippen LogP contribution in [0.4, 0.5) is 0 Å². The molecule has 1 fully saturated rings. The first-order valence-electron chi connectivity index (χ1n) is 8.51. The minimum absolute atomic E-state index is 0.281. The van der Waals surface area contributed by atoms with E-state index in [1.54, 1.807) is 0 Å². The van der Waals surface area contributed by atoms with Crippen molar-refractivity contribution >= 4 is 0 Å². The van der Waals surface area contributed by atoms with Gasteiger partial charge in [-0.15, -0.1) is 0 Å². The monoisotopic (exact) mass is 320 g/mol. The van der Waals surface area contributed by atoms with Crippen molar-refractivity contribution in [1.82, 2.24) is 0 Å². The molecule has 6 nitrogen and oxygen atoms in total. The fraction of sp³-hybridized carbons (Fsp3) is 1.00. The highest BCUT2D eigenvalue weighted by Crippen LogP contribution is 2.25. The Morgan fingerprint density at radius 3 is 1.91 bits per heavy atom. The van der Waals surface area contributed by atoms with Crippen LogP contribution in [0.25, 0.3) is 0 Å². The molecule has 0 unspecified atom stereocenters. The molecule has 0 aliphatic carbocycles. The molecular formula is C16H32O6. The molecule has 1 rings (SSSR count). The molecule has 132 valence electrons. The number of aliphatic hydroxyl groups is 3. The van der Waals surface area contributed by atoms with Crippen molar-refractivity contribution in [3.8, 4) is 0 Å². The molecule has 1 saturated heterocycles. The second kappa shape index (κ2) is 11.3. The van der Waals surface area contributed by atoms with E-state index in [1.807, 2.05) is 0 Å². The maximum atomic E-state index is 10.1. The maximum absolute atomic E-state index is 10.1. The summed E-state index contributed by atoms with van der Waals surface area (Å²) in [6.45, 7) is 4.96. The largest absolute Gasteiger partial charge is 0.394 e. The lowest BCUT2D eigenvalue weighted by molar-refractivity contribution is -0.301.